The van der Waals surface area contributed by atoms with Gasteiger partial charge >= 0.3 is 11.9 Å². The Morgan fingerprint density at radius 1 is 0.400 bits per heavy atom. The number of unbranched alkanes of at least 4 members (excludes halogenated alkanes) is 32. The van der Waals surface area contributed by atoms with E-state index in [2.05, 4.69) is 62.5 Å². The molecule has 0 spiro atoms. The molecule has 0 amide bonds. The highest BCUT2D eigenvalue weighted by Crippen LogP contribution is 2.17. The van der Waals surface area contributed by atoms with Crippen molar-refractivity contribution in [1.82, 2.24) is 0 Å². The first-order valence-electron chi connectivity index (χ1n) is 26.2. The normalized spacial score (nSPS) is 12.5. The molecular formula is C55H100O5. The van der Waals surface area contributed by atoms with E-state index in [1.165, 1.54) is 180 Å². The SMILES string of the molecule is CC/C=C\C/C=C\C/C=C\C/C=C\CCCCCCCCCCCCCCCCCCCCCCC(=O)OC(CO)COC(=O)CCCCCCCCCCCCCCC. The van der Waals surface area contributed by atoms with Gasteiger partial charge in [-0.15, -0.1) is 0 Å². The lowest BCUT2D eigenvalue weighted by Crippen LogP contribution is -2.28. The van der Waals surface area contributed by atoms with Crippen LogP contribution in [0, 0.1) is 0 Å². The lowest BCUT2D eigenvalue weighted by Gasteiger charge is -2.15. The van der Waals surface area contributed by atoms with E-state index < -0.39 is 6.10 Å². The summed E-state index contributed by atoms with van der Waals surface area (Å²) in [6.45, 7) is 4.05. The number of carbonyl (C=O) groups excluding carboxylic acids is 2. The number of ether oxygens (including phenoxy) is 2. The van der Waals surface area contributed by atoms with Crippen LogP contribution in [0.4, 0.5) is 0 Å². The number of rotatable bonds is 48. The predicted octanol–water partition coefficient (Wildman–Crippen LogP) is 17.3. The smallest absolute Gasteiger partial charge is 0.306 e. The van der Waals surface area contributed by atoms with E-state index in [0.717, 1.165) is 64.2 Å². The van der Waals surface area contributed by atoms with Crippen molar-refractivity contribution in [2.75, 3.05) is 13.2 Å². The summed E-state index contributed by atoms with van der Waals surface area (Å²) in [5, 5.41) is 9.61. The second kappa shape index (κ2) is 51.2. The number of aliphatic hydroxyl groups is 1. The minimum atomic E-state index is -0.767. The van der Waals surface area contributed by atoms with Gasteiger partial charge in [-0.3, -0.25) is 9.59 Å². The standard InChI is InChI=1S/C55H100O5/c1-3-5-7-9-11-13-15-17-18-19-20-21-22-23-24-25-26-27-28-29-30-31-32-33-34-35-36-38-40-42-44-46-48-50-55(58)60-53(51-56)52-59-54(57)49-47-45-43-41-39-37-16-14-12-10-8-6-4-2/h5,7,11,13,17-18,20-21,53,56H,3-4,6,8-10,12,14-16,19,22-52H2,1-2H3/b7-5-,13-11-,18-17-,21-20-. The first kappa shape index (κ1) is 57.9. The van der Waals surface area contributed by atoms with Crippen LogP contribution in [-0.2, 0) is 19.1 Å². The number of aliphatic hydroxyl groups excluding tert-OH is 1. The monoisotopic (exact) mass is 841 g/mol. The van der Waals surface area contributed by atoms with E-state index >= 15 is 0 Å². The van der Waals surface area contributed by atoms with Gasteiger partial charge in [0.05, 0.1) is 6.61 Å². The van der Waals surface area contributed by atoms with Crippen LogP contribution < -0.4 is 0 Å². The molecule has 350 valence electrons. The highest BCUT2D eigenvalue weighted by molar-refractivity contribution is 5.70. The maximum Gasteiger partial charge on any atom is 0.306 e. The van der Waals surface area contributed by atoms with E-state index in [1.54, 1.807) is 0 Å². The molecule has 0 bridgehead atoms. The summed E-state index contributed by atoms with van der Waals surface area (Å²) in [5.41, 5.74) is 0. The Morgan fingerprint density at radius 2 is 0.717 bits per heavy atom. The molecule has 0 heterocycles. The second-order valence-electron chi connectivity index (χ2n) is 17.6. The molecule has 0 radical (unpaired) electrons. The van der Waals surface area contributed by atoms with Gasteiger partial charge in [-0.05, 0) is 51.4 Å². The van der Waals surface area contributed by atoms with Gasteiger partial charge in [-0.2, -0.15) is 0 Å². The third kappa shape index (κ3) is 48.5. The Bertz CT molecular complexity index is 997. The van der Waals surface area contributed by atoms with Crippen molar-refractivity contribution in [3.63, 3.8) is 0 Å². The van der Waals surface area contributed by atoms with E-state index in [1.807, 2.05) is 0 Å². The third-order valence-electron chi connectivity index (χ3n) is 11.6. The highest BCUT2D eigenvalue weighted by atomic mass is 16.6. The summed E-state index contributed by atoms with van der Waals surface area (Å²) in [7, 11) is 0. The lowest BCUT2D eigenvalue weighted by molar-refractivity contribution is -0.161. The van der Waals surface area contributed by atoms with Gasteiger partial charge in [0.2, 0.25) is 0 Å². The molecule has 60 heavy (non-hydrogen) atoms. The first-order chi connectivity index (χ1) is 29.6. The molecule has 5 heteroatoms. The molecule has 0 saturated carbocycles. The van der Waals surface area contributed by atoms with Gasteiger partial charge in [0.15, 0.2) is 6.10 Å². The number of esters is 2. The van der Waals surface area contributed by atoms with Gasteiger partial charge in [-0.25, -0.2) is 0 Å². The van der Waals surface area contributed by atoms with Crippen LogP contribution >= 0.6 is 0 Å². The average molecular weight is 841 g/mol. The Balaban J connectivity index is 3.41. The molecule has 0 saturated heterocycles. The van der Waals surface area contributed by atoms with E-state index in [0.29, 0.717) is 12.8 Å². The van der Waals surface area contributed by atoms with E-state index in [-0.39, 0.29) is 25.2 Å². The summed E-state index contributed by atoms with van der Waals surface area (Å²) >= 11 is 0. The van der Waals surface area contributed by atoms with E-state index in [4.69, 9.17) is 9.47 Å². The average Bonchev–Trinajstić information content (AvgIpc) is 3.25. The number of allylic oxidation sites excluding steroid dienone is 8. The quantitative estimate of drug-likeness (QED) is 0.0375. The van der Waals surface area contributed by atoms with Crippen LogP contribution in [0.3, 0.4) is 0 Å². The summed E-state index contributed by atoms with van der Waals surface area (Å²) in [5.74, 6) is -0.577. The fourth-order valence-electron chi connectivity index (χ4n) is 7.73. The Labute approximate surface area is 373 Å². The maximum atomic E-state index is 12.3. The predicted molar refractivity (Wildman–Crippen MR) is 261 cm³/mol. The summed E-state index contributed by atoms with van der Waals surface area (Å²) in [6, 6.07) is 0. The summed E-state index contributed by atoms with van der Waals surface area (Å²) < 4.78 is 10.7. The van der Waals surface area contributed by atoms with Crippen LogP contribution in [0.5, 0.6) is 0 Å². The van der Waals surface area contributed by atoms with Crippen molar-refractivity contribution in [2.45, 2.75) is 277 Å². The zero-order valence-corrected chi connectivity index (χ0v) is 40.0. The van der Waals surface area contributed by atoms with Gasteiger partial charge in [0.25, 0.3) is 0 Å². The molecule has 0 fully saturated rings. The fraction of sp³-hybridized carbons (Fsp3) is 0.818. The van der Waals surface area contributed by atoms with Crippen molar-refractivity contribution in [3.8, 4) is 0 Å². The molecule has 0 aliphatic heterocycles. The van der Waals surface area contributed by atoms with Crippen molar-refractivity contribution in [1.29, 1.82) is 0 Å². The lowest BCUT2D eigenvalue weighted by atomic mass is 10.0. The van der Waals surface area contributed by atoms with Crippen molar-refractivity contribution in [3.05, 3.63) is 48.6 Å². The zero-order chi connectivity index (χ0) is 43.5. The number of hydrogen-bond donors (Lipinski definition) is 1. The minimum absolute atomic E-state index is 0.0604. The summed E-state index contributed by atoms with van der Waals surface area (Å²) in [6.07, 6.45) is 66.5. The molecule has 0 rings (SSSR count). The van der Waals surface area contributed by atoms with Gasteiger partial charge in [0.1, 0.15) is 6.61 Å². The minimum Gasteiger partial charge on any atom is -0.462 e. The van der Waals surface area contributed by atoms with Gasteiger partial charge in [-0.1, -0.05) is 255 Å². The molecule has 1 unspecified atom stereocenters. The van der Waals surface area contributed by atoms with Crippen LogP contribution in [0.1, 0.15) is 271 Å². The Kier molecular flexibility index (Phi) is 49.4. The maximum absolute atomic E-state index is 12.3. The topological polar surface area (TPSA) is 72.8 Å². The van der Waals surface area contributed by atoms with Crippen LogP contribution in [-0.4, -0.2) is 36.4 Å². The number of hydrogen-bond acceptors (Lipinski definition) is 5. The van der Waals surface area contributed by atoms with Crippen LogP contribution in [0.15, 0.2) is 48.6 Å². The Hall–Kier alpha value is -2.14. The van der Waals surface area contributed by atoms with Gasteiger partial charge in [0, 0.05) is 12.8 Å². The second-order valence-corrected chi connectivity index (χ2v) is 17.6. The van der Waals surface area contributed by atoms with Crippen LogP contribution in [0.2, 0.25) is 0 Å². The van der Waals surface area contributed by atoms with Crippen molar-refractivity contribution < 1.29 is 24.2 Å². The van der Waals surface area contributed by atoms with Gasteiger partial charge < -0.3 is 14.6 Å². The third-order valence-corrected chi connectivity index (χ3v) is 11.6. The van der Waals surface area contributed by atoms with E-state index in [9.17, 15) is 14.7 Å². The van der Waals surface area contributed by atoms with Crippen LogP contribution in [0.25, 0.3) is 0 Å². The fourth-order valence-corrected chi connectivity index (χ4v) is 7.73. The number of carbonyl (C=O) groups is 2. The van der Waals surface area contributed by atoms with Crippen molar-refractivity contribution >= 4 is 11.9 Å². The molecule has 5 nitrogen and oxygen atoms in total. The first-order valence-corrected chi connectivity index (χ1v) is 26.2. The largest absolute Gasteiger partial charge is 0.462 e. The molecular weight excluding hydrogens is 741 g/mol. The Morgan fingerprint density at radius 3 is 1.08 bits per heavy atom. The molecule has 0 aliphatic carbocycles. The molecule has 0 aromatic carbocycles. The highest BCUT2D eigenvalue weighted by Gasteiger charge is 2.16. The zero-order valence-electron chi connectivity index (χ0n) is 40.0. The molecule has 1 atom stereocenters. The molecule has 1 N–H and O–H groups in total. The van der Waals surface area contributed by atoms with Crippen molar-refractivity contribution in [2.24, 2.45) is 0 Å². The molecule has 0 aromatic rings. The molecule has 0 aromatic heterocycles. The summed E-state index contributed by atoms with van der Waals surface area (Å²) in [4.78, 5) is 24.4. The molecule has 0 aliphatic rings.